The Morgan fingerprint density at radius 3 is 2.44 bits per heavy atom. The van der Waals surface area contributed by atoms with Crippen molar-refractivity contribution in [2.24, 2.45) is 0 Å². The number of anilines is 1. The molecule has 100 valence electrons. The van der Waals surface area contributed by atoms with E-state index in [1.54, 1.807) is 24.3 Å². The van der Waals surface area contributed by atoms with Crippen LogP contribution in [0.5, 0.6) is 0 Å². The molecular formula is C13H19NO3S. The Hall–Kier alpha value is -1.07. The molecule has 18 heavy (non-hydrogen) atoms. The van der Waals surface area contributed by atoms with E-state index in [-0.39, 0.29) is 17.5 Å². The molecule has 0 bridgehead atoms. The number of benzene rings is 1. The predicted octanol–water partition coefficient (Wildman–Crippen LogP) is 2.00. The summed E-state index contributed by atoms with van der Waals surface area (Å²) in [5.74, 6) is 0.0420. The van der Waals surface area contributed by atoms with Crippen molar-refractivity contribution in [2.75, 3.05) is 11.5 Å². The smallest absolute Gasteiger partial charge is 0.180 e. The van der Waals surface area contributed by atoms with E-state index in [1.807, 2.05) is 13.8 Å². The van der Waals surface area contributed by atoms with Crippen molar-refractivity contribution in [3.8, 4) is 0 Å². The fourth-order valence-corrected chi connectivity index (χ4v) is 3.68. The van der Waals surface area contributed by atoms with Crippen molar-refractivity contribution >= 4 is 15.5 Å². The third kappa shape index (κ3) is 3.03. The van der Waals surface area contributed by atoms with E-state index >= 15 is 0 Å². The van der Waals surface area contributed by atoms with Gasteiger partial charge in [0, 0.05) is 5.69 Å². The highest BCUT2D eigenvalue weighted by atomic mass is 32.2. The zero-order valence-corrected chi connectivity index (χ0v) is 11.5. The molecule has 0 saturated carbocycles. The molecule has 5 heteroatoms. The number of hydrogen-bond acceptors (Lipinski definition) is 4. The van der Waals surface area contributed by atoms with Crippen molar-refractivity contribution in [1.82, 2.24) is 0 Å². The van der Waals surface area contributed by atoms with E-state index in [9.17, 15) is 8.42 Å². The molecule has 1 aromatic carbocycles. The van der Waals surface area contributed by atoms with Crippen LogP contribution in [0.15, 0.2) is 29.2 Å². The number of nitrogen functional groups attached to an aromatic ring is 1. The monoisotopic (exact) mass is 269 g/mol. The van der Waals surface area contributed by atoms with Crippen LogP contribution >= 0.6 is 0 Å². The van der Waals surface area contributed by atoms with Crippen molar-refractivity contribution in [3.63, 3.8) is 0 Å². The summed E-state index contributed by atoms with van der Waals surface area (Å²) in [4.78, 5) is 0.310. The van der Waals surface area contributed by atoms with Gasteiger partial charge >= 0.3 is 0 Å². The van der Waals surface area contributed by atoms with Gasteiger partial charge in [-0.1, -0.05) is 0 Å². The Balaban J connectivity index is 2.11. The van der Waals surface area contributed by atoms with Gasteiger partial charge in [0.1, 0.15) is 0 Å². The minimum Gasteiger partial charge on any atom is -0.399 e. The Kier molecular flexibility index (Phi) is 3.38. The number of sulfone groups is 1. The molecule has 1 unspecified atom stereocenters. The van der Waals surface area contributed by atoms with Crippen molar-refractivity contribution in [3.05, 3.63) is 24.3 Å². The van der Waals surface area contributed by atoms with Crippen molar-refractivity contribution < 1.29 is 13.2 Å². The maximum Gasteiger partial charge on any atom is 0.180 e. The molecule has 1 saturated heterocycles. The largest absolute Gasteiger partial charge is 0.399 e. The highest BCUT2D eigenvalue weighted by Gasteiger charge is 2.34. The van der Waals surface area contributed by atoms with Gasteiger partial charge in [-0.2, -0.15) is 0 Å². The van der Waals surface area contributed by atoms with Gasteiger partial charge in [-0.15, -0.1) is 0 Å². The minimum atomic E-state index is -3.29. The molecule has 0 radical (unpaired) electrons. The molecule has 0 aromatic heterocycles. The van der Waals surface area contributed by atoms with E-state index < -0.39 is 9.84 Å². The summed E-state index contributed by atoms with van der Waals surface area (Å²) in [7, 11) is -3.29. The first kappa shape index (κ1) is 13.4. The molecule has 1 heterocycles. The van der Waals surface area contributed by atoms with Gasteiger partial charge in [0.25, 0.3) is 0 Å². The van der Waals surface area contributed by atoms with Gasteiger partial charge in [0.15, 0.2) is 9.84 Å². The fraction of sp³-hybridized carbons (Fsp3) is 0.538. The Bertz CT molecular complexity index is 520. The summed E-state index contributed by atoms with van der Waals surface area (Å²) in [6.45, 7) is 3.98. The Labute approximate surface area is 108 Å². The van der Waals surface area contributed by atoms with E-state index in [1.165, 1.54) is 0 Å². The van der Waals surface area contributed by atoms with Crippen LogP contribution in [-0.2, 0) is 14.6 Å². The van der Waals surface area contributed by atoms with Crippen LogP contribution in [0, 0.1) is 0 Å². The summed E-state index contributed by atoms with van der Waals surface area (Å²) < 4.78 is 30.1. The molecule has 1 aliphatic heterocycles. The van der Waals surface area contributed by atoms with Gasteiger partial charge < -0.3 is 10.5 Å². The second kappa shape index (κ2) is 4.55. The molecule has 0 amide bonds. The molecule has 2 rings (SSSR count). The normalized spacial score (nSPS) is 23.1. The first-order valence-corrected chi connectivity index (χ1v) is 7.70. The lowest BCUT2D eigenvalue weighted by atomic mass is 10.1. The first-order valence-electron chi connectivity index (χ1n) is 6.05. The van der Waals surface area contributed by atoms with E-state index in [4.69, 9.17) is 10.5 Å². The maximum absolute atomic E-state index is 12.2. The summed E-state index contributed by atoms with van der Waals surface area (Å²) >= 11 is 0. The standard InChI is InChI=1S/C13H19NO3S/c1-13(2)8-7-11(17-13)9-18(15,16)12-5-3-10(14)4-6-12/h3-6,11H,7-9,14H2,1-2H3. The number of nitrogens with two attached hydrogens (primary N) is 1. The summed E-state index contributed by atoms with van der Waals surface area (Å²) in [5.41, 5.74) is 5.90. The van der Waals surface area contributed by atoms with Crippen LogP contribution in [0.4, 0.5) is 5.69 Å². The molecule has 0 aliphatic carbocycles. The molecule has 1 aliphatic rings. The van der Waals surface area contributed by atoms with Crippen LogP contribution < -0.4 is 5.73 Å². The second-order valence-electron chi connectivity index (χ2n) is 5.39. The lowest BCUT2D eigenvalue weighted by Gasteiger charge is -2.19. The van der Waals surface area contributed by atoms with E-state index in [0.717, 1.165) is 12.8 Å². The molecule has 1 fully saturated rings. The molecule has 1 atom stereocenters. The van der Waals surface area contributed by atoms with Gasteiger partial charge in [0.2, 0.25) is 0 Å². The maximum atomic E-state index is 12.2. The van der Waals surface area contributed by atoms with Crippen molar-refractivity contribution in [2.45, 2.75) is 43.3 Å². The summed E-state index contributed by atoms with van der Waals surface area (Å²) in [6.07, 6.45) is 1.48. The van der Waals surface area contributed by atoms with Gasteiger partial charge in [-0.05, 0) is 51.0 Å². The van der Waals surface area contributed by atoms with Gasteiger partial charge in [-0.3, -0.25) is 0 Å². The van der Waals surface area contributed by atoms with E-state index in [2.05, 4.69) is 0 Å². The third-order valence-corrected chi connectivity index (χ3v) is 5.00. The van der Waals surface area contributed by atoms with Gasteiger partial charge in [0.05, 0.1) is 22.4 Å². The van der Waals surface area contributed by atoms with Crippen LogP contribution in [-0.4, -0.2) is 25.9 Å². The van der Waals surface area contributed by atoms with Crippen LogP contribution in [0.2, 0.25) is 0 Å². The van der Waals surface area contributed by atoms with Crippen LogP contribution in [0.3, 0.4) is 0 Å². The van der Waals surface area contributed by atoms with Gasteiger partial charge in [-0.25, -0.2) is 8.42 Å². The molecule has 2 N–H and O–H groups in total. The van der Waals surface area contributed by atoms with Crippen LogP contribution in [0.1, 0.15) is 26.7 Å². The number of hydrogen-bond donors (Lipinski definition) is 1. The predicted molar refractivity (Wildman–Crippen MR) is 71.1 cm³/mol. The van der Waals surface area contributed by atoms with Crippen LogP contribution in [0.25, 0.3) is 0 Å². The third-order valence-electron chi connectivity index (χ3n) is 3.20. The average Bonchev–Trinajstić information content (AvgIpc) is 2.57. The quantitative estimate of drug-likeness (QED) is 0.852. The Morgan fingerprint density at radius 1 is 1.33 bits per heavy atom. The Morgan fingerprint density at radius 2 is 1.94 bits per heavy atom. The zero-order valence-electron chi connectivity index (χ0n) is 10.7. The highest BCUT2D eigenvalue weighted by Crippen LogP contribution is 2.31. The lowest BCUT2D eigenvalue weighted by molar-refractivity contribution is -0.00527. The van der Waals surface area contributed by atoms with E-state index in [0.29, 0.717) is 10.6 Å². The number of ether oxygens (including phenoxy) is 1. The number of rotatable bonds is 3. The fourth-order valence-electron chi connectivity index (χ4n) is 2.21. The summed E-state index contributed by atoms with van der Waals surface area (Å²) in [6, 6.07) is 6.30. The topological polar surface area (TPSA) is 69.4 Å². The highest BCUT2D eigenvalue weighted by molar-refractivity contribution is 7.91. The SMILES string of the molecule is CC1(C)CCC(CS(=O)(=O)c2ccc(N)cc2)O1. The average molecular weight is 269 g/mol. The first-order chi connectivity index (χ1) is 8.28. The van der Waals surface area contributed by atoms with Crippen molar-refractivity contribution in [1.29, 1.82) is 0 Å². The molecule has 0 spiro atoms. The second-order valence-corrected chi connectivity index (χ2v) is 7.42. The summed E-state index contributed by atoms with van der Waals surface area (Å²) in [5, 5.41) is 0. The molecule has 4 nitrogen and oxygen atoms in total. The molecular weight excluding hydrogens is 250 g/mol. The minimum absolute atomic E-state index is 0.0420. The zero-order chi connectivity index (χ0) is 13.4. The lowest BCUT2D eigenvalue weighted by Crippen LogP contribution is -2.25. The molecule has 1 aromatic rings.